The number of nitrogens with zero attached hydrogens (tertiary/aromatic N) is 2. The van der Waals surface area contributed by atoms with Gasteiger partial charge in [0.2, 0.25) is 11.7 Å². The minimum Gasteiger partial charge on any atom is -0.493 e. The number of carbonyl (C=O) groups is 2. The van der Waals surface area contributed by atoms with E-state index in [4.69, 9.17) is 14.2 Å². The maximum absolute atomic E-state index is 12.7. The Morgan fingerprint density at radius 2 is 1.90 bits per heavy atom. The van der Waals surface area contributed by atoms with E-state index in [2.05, 4.69) is 15.6 Å². The zero-order chi connectivity index (χ0) is 21.0. The number of rotatable bonds is 8. The molecule has 2 amide bonds. The van der Waals surface area contributed by atoms with E-state index in [1.807, 2.05) is 0 Å². The lowest BCUT2D eigenvalue weighted by molar-refractivity contribution is -0.116. The molecule has 3 rings (SSSR count). The first kappa shape index (κ1) is 20.5. The molecule has 0 atom stereocenters. The van der Waals surface area contributed by atoms with Gasteiger partial charge in [-0.05, 0) is 12.1 Å². The summed E-state index contributed by atoms with van der Waals surface area (Å²) in [5.41, 5.74) is 1.13. The number of aryl methyl sites for hydroxylation is 1. The first-order chi connectivity index (χ1) is 14.0. The van der Waals surface area contributed by atoms with Crippen molar-refractivity contribution in [1.82, 2.24) is 14.9 Å². The number of fused-ring (bicyclic) bond motifs is 1. The normalized spacial score (nSPS) is 10.6. The number of aromatic nitrogens is 2. The number of thiazole rings is 1. The molecule has 0 aliphatic rings. The summed E-state index contributed by atoms with van der Waals surface area (Å²) in [6.07, 6.45) is 1.75. The summed E-state index contributed by atoms with van der Waals surface area (Å²) in [4.78, 5) is 28.6. The molecule has 0 aliphatic carbocycles. The van der Waals surface area contributed by atoms with Crippen molar-refractivity contribution in [1.29, 1.82) is 0 Å². The number of hydrogen-bond donors (Lipinski definition) is 2. The molecule has 2 N–H and O–H groups in total. The highest BCUT2D eigenvalue weighted by atomic mass is 32.1. The summed E-state index contributed by atoms with van der Waals surface area (Å²) in [7, 11) is 6.36. The Labute approximate surface area is 171 Å². The molecular formula is C19H22N4O5S. The molecule has 29 heavy (non-hydrogen) atoms. The first-order valence-corrected chi connectivity index (χ1v) is 9.64. The van der Waals surface area contributed by atoms with Crippen molar-refractivity contribution in [3.63, 3.8) is 0 Å². The largest absolute Gasteiger partial charge is 0.493 e. The van der Waals surface area contributed by atoms with E-state index in [0.29, 0.717) is 33.6 Å². The number of nitrogens with one attached hydrogen (secondary N) is 2. The monoisotopic (exact) mass is 418 g/mol. The zero-order valence-corrected chi connectivity index (χ0v) is 17.4. The molecule has 0 bridgehead atoms. The molecule has 0 fully saturated rings. The Bertz CT molecular complexity index is 1030. The molecule has 154 valence electrons. The second-order valence-corrected chi connectivity index (χ2v) is 6.96. The fourth-order valence-electron chi connectivity index (χ4n) is 3.05. The minimum atomic E-state index is -0.300. The van der Waals surface area contributed by atoms with Gasteiger partial charge in [-0.15, -0.1) is 11.3 Å². The van der Waals surface area contributed by atoms with Crippen molar-refractivity contribution < 1.29 is 23.8 Å². The molecule has 0 saturated carbocycles. The molecule has 0 radical (unpaired) electrons. The lowest BCUT2D eigenvalue weighted by atomic mass is 10.2. The van der Waals surface area contributed by atoms with Gasteiger partial charge in [0.05, 0.1) is 26.8 Å². The molecule has 10 heteroatoms. The predicted octanol–water partition coefficient (Wildman–Crippen LogP) is 2.42. The molecule has 0 spiro atoms. The number of methoxy groups -OCH3 is 3. The summed E-state index contributed by atoms with van der Waals surface area (Å²) in [5, 5.41) is 8.52. The van der Waals surface area contributed by atoms with Crippen molar-refractivity contribution in [2.45, 2.75) is 6.42 Å². The number of ether oxygens (including phenoxy) is 3. The van der Waals surface area contributed by atoms with E-state index in [0.717, 1.165) is 5.39 Å². The summed E-state index contributed by atoms with van der Waals surface area (Å²) < 4.78 is 18.0. The van der Waals surface area contributed by atoms with Crippen LogP contribution in [0, 0.1) is 0 Å². The van der Waals surface area contributed by atoms with Crippen LogP contribution in [0.3, 0.4) is 0 Å². The Balaban J connectivity index is 1.76. The second-order valence-electron chi connectivity index (χ2n) is 6.06. The van der Waals surface area contributed by atoms with Crippen molar-refractivity contribution in [3.05, 3.63) is 29.4 Å². The lowest BCUT2D eigenvalue weighted by Crippen LogP contribution is -2.29. The van der Waals surface area contributed by atoms with Gasteiger partial charge >= 0.3 is 0 Å². The molecule has 1 aromatic carbocycles. The SMILES string of the molecule is COc1cc2cc(C(=O)NCCC(=O)Nc3nccs3)n(C)c2c(OC)c1OC. The smallest absolute Gasteiger partial charge is 0.267 e. The third-order valence-electron chi connectivity index (χ3n) is 4.37. The third-order valence-corrected chi connectivity index (χ3v) is 5.06. The van der Waals surface area contributed by atoms with Gasteiger partial charge in [0.15, 0.2) is 16.6 Å². The van der Waals surface area contributed by atoms with Crippen LogP contribution in [-0.2, 0) is 11.8 Å². The highest BCUT2D eigenvalue weighted by molar-refractivity contribution is 7.13. The molecule has 3 aromatic rings. The van der Waals surface area contributed by atoms with Gasteiger partial charge in [-0.25, -0.2) is 4.98 Å². The molecule has 0 aliphatic heterocycles. The fraction of sp³-hybridized carbons (Fsp3) is 0.316. The van der Waals surface area contributed by atoms with Crippen LogP contribution in [0.25, 0.3) is 10.9 Å². The van der Waals surface area contributed by atoms with E-state index in [-0.39, 0.29) is 24.8 Å². The summed E-state index contributed by atoms with van der Waals surface area (Å²) >= 11 is 1.34. The van der Waals surface area contributed by atoms with Gasteiger partial charge in [0, 0.05) is 37.0 Å². The first-order valence-electron chi connectivity index (χ1n) is 8.76. The van der Waals surface area contributed by atoms with Crippen LogP contribution in [0.4, 0.5) is 5.13 Å². The number of amides is 2. The Kier molecular flexibility index (Phi) is 6.23. The van der Waals surface area contributed by atoms with Crippen LogP contribution in [-0.4, -0.2) is 49.2 Å². The topological polar surface area (TPSA) is 104 Å². The summed E-state index contributed by atoms with van der Waals surface area (Å²) in [5.74, 6) is 0.924. The lowest BCUT2D eigenvalue weighted by Gasteiger charge is -2.14. The zero-order valence-electron chi connectivity index (χ0n) is 16.6. The molecule has 0 unspecified atom stereocenters. The average molecular weight is 418 g/mol. The van der Waals surface area contributed by atoms with Crippen LogP contribution < -0.4 is 24.8 Å². The third kappa shape index (κ3) is 4.11. The van der Waals surface area contributed by atoms with Crippen LogP contribution >= 0.6 is 11.3 Å². The average Bonchev–Trinajstić information content (AvgIpc) is 3.34. The van der Waals surface area contributed by atoms with E-state index in [1.165, 1.54) is 32.7 Å². The Hall–Kier alpha value is -3.27. The predicted molar refractivity (Wildman–Crippen MR) is 110 cm³/mol. The fourth-order valence-corrected chi connectivity index (χ4v) is 3.59. The Morgan fingerprint density at radius 1 is 1.14 bits per heavy atom. The highest BCUT2D eigenvalue weighted by Gasteiger charge is 2.22. The standard InChI is InChI=1S/C19H22N4O5S/c1-23-12(18(25)20-6-5-14(24)22-19-21-7-8-29-19)9-11-10-13(26-2)16(27-3)17(28-4)15(11)23/h7-10H,5-6H2,1-4H3,(H,20,25)(H,21,22,24). The van der Waals surface area contributed by atoms with Gasteiger partial charge < -0.3 is 29.4 Å². The van der Waals surface area contributed by atoms with Gasteiger partial charge in [0.1, 0.15) is 5.69 Å². The molecule has 2 aromatic heterocycles. The van der Waals surface area contributed by atoms with Crippen LogP contribution in [0.5, 0.6) is 17.2 Å². The molecule has 0 saturated heterocycles. The molecule has 9 nitrogen and oxygen atoms in total. The van der Waals surface area contributed by atoms with Crippen molar-refractivity contribution >= 4 is 39.2 Å². The van der Waals surface area contributed by atoms with E-state index in [9.17, 15) is 9.59 Å². The minimum absolute atomic E-state index is 0.139. The highest BCUT2D eigenvalue weighted by Crippen LogP contribution is 2.44. The number of hydrogen-bond acceptors (Lipinski definition) is 7. The maximum atomic E-state index is 12.7. The van der Waals surface area contributed by atoms with Crippen molar-refractivity contribution in [3.8, 4) is 17.2 Å². The molecular weight excluding hydrogens is 396 g/mol. The number of benzene rings is 1. The summed E-state index contributed by atoms with van der Waals surface area (Å²) in [6, 6.07) is 3.53. The Morgan fingerprint density at radius 3 is 2.52 bits per heavy atom. The quantitative estimate of drug-likeness (QED) is 0.582. The van der Waals surface area contributed by atoms with Crippen LogP contribution in [0.15, 0.2) is 23.7 Å². The second kappa shape index (κ2) is 8.82. The van der Waals surface area contributed by atoms with E-state index >= 15 is 0 Å². The van der Waals surface area contributed by atoms with Crippen molar-refractivity contribution in [2.24, 2.45) is 7.05 Å². The molecule has 2 heterocycles. The van der Waals surface area contributed by atoms with Gasteiger partial charge in [-0.1, -0.05) is 0 Å². The van der Waals surface area contributed by atoms with Gasteiger partial charge in [0.25, 0.3) is 5.91 Å². The van der Waals surface area contributed by atoms with E-state index < -0.39 is 0 Å². The number of anilines is 1. The van der Waals surface area contributed by atoms with Gasteiger partial charge in [-0.2, -0.15) is 0 Å². The van der Waals surface area contributed by atoms with Crippen LogP contribution in [0.2, 0.25) is 0 Å². The maximum Gasteiger partial charge on any atom is 0.267 e. The number of carbonyl (C=O) groups excluding carboxylic acids is 2. The van der Waals surface area contributed by atoms with Gasteiger partial charge in [-0.3, -0.25) is 9.59 Å². The summed E-state index contributed by atoms with van der Waals surface area (Å²) in [6.45, 7) is 0.196. The van der Waals surface area contributed by atoms with Crippen molar-refractivity contribution in [2.75, 3.05) is 33.2 Å². The van der Waals surface area contributed by atoms with E-state index in [1.54, 1.807) is 35.3 Å². The van der Waals surface area contributed by atoms with Crippen LogP contribution in [0.1, 0.15) is 16.9 Å².